The van der Waals surface area contributed by atoms with Gasteiger partial charge < -0.3 is 9.73 Å². The molecule has 0 saturated heterocycles. The zero-order valence-electron chi connectivity index (χ0n) is 15.3. The van der Waals surface area contributed by atoms with Crippen LogP contribution in [-0.2, 0) is 5.41 Å². The molecule has 4 bridgehead atoms. The van der Waals surface area contributed by atoms with Gasteiger partial charge in [-0.2, -0.15) is 0 Å². The zero-order valence-corrected chi connectivity index (χ0v) is 15.3. The van der Waals surface area contributed by atoms with E-state index in [2.05, 4.69) is 38.2 Å². The van der Waals surface area contributed by atoms with Crippen LogP contribution < -0.4 is 5.32 Å². The van der Waals surface area contributed by atoms with Gasteiger partial charge in [-0.1, -0.05) is 13.8 Å². The standard InChI is InChI=1S/C21H33NO/c1-13(12-21(3,4)19-6-5-14(2)23-19)22-20-17-8-15-7-16(10-17)11-18(20)9-15/h5-6,13,15-18,20,22H,7-12H2,1-4H3/t13-,15?,16?,17?,18?,20?/m0/s1. The SMILES string of the molecule is Cc1ccc(C(C)(C)C[C@H](C)NC2C3CC4CC(C3)CC2C4)o1. The normalized spacial score (nSPS) is 37.3. The summed E-state index contributed by atoms with van der Waals surface area (Å²) in [6.07, 6.45) is 8.68. The maximum atomic E-state index is 5.91. The van der Waals surface area contributed by atoms with Crippen molar-refractivity contribution in [3.05, 3.63) is 23.7 Å². The van der Waals surface area contributed by atoms with Crippen molar-refractivity contribution in [3.8, 4) is 0 Å². The molecule has 1 aromatic heterocycles. The molecule has 23 heavy (non-hydrogen) atoms. The van der Waals surface area contributed by atoms with E-state index in [-0.39, 0.29) is 5.41 Å². The van der Waals surface area contributed by atoms with Gasteiger partial charge >= 0.3 is 0 Å². The second-order valence-electron chi connectivity index (χ2n) is 9.52. The molecule has 4 fully saturated rings. The van der Waals surface area contributed by atoms with Gasteiger partial charge in [-0.15, -0.1) is 0 Å². The molecule has 0 aliphatic heterocycles. The van der Waals surface area contributed by atoms with Crippen LogP contribution in [0.2, 0.25) is 0 Å². The quantitative estimate of drug-likeness (QED) is 0.821. The minimum absolute atomic E-state index is 0.104. The molecule has 2 nitrogen and oxygen atoms in total. The molecule has 128 valence electrons. The molecule has 5 rings (SSSR count). The van der Waals surface area contributed by atoms with Crippen LogP contribution in [0.25, 0.3) is 0 Å². The summed E-state index contributed by atoms with van der Waals surface area (Å²) in [4.78, 5) is 0. The third-order valence-corrected chi connectivity index (χ3v) is 6.93. The van der Waals surface area contributed by atoms with Crippen molar-refractivity contribution in [1.29, 1.82) is 0 Å². The van der Waals surface area contributed by atoms with Gasteiger partial charge in [0.15, 0.2) is 0 Å². The molecule has 4 aliphatic rings. The highest BCUT2D eigenvalue weighted by atomic mass is 16.3. The molecule has 1 atom stereocenters. The van der Waals surface area contributed by atoms with Gasteiger partial charge in [0.05, 0.1) is 0 Å². The monoisotopic (exact) mass is 315 g/mol. The van der Waals surface area contributed by atoms with Gasteiger partial charge in [-0.25, -0.2) is 0 Å². The van der Waals surface area contributed by atoms with Crippen molar-refractivity contribution >= 4 is 0 Å². The highest BCUT2D eigenvalue weighted by molar-refractivity contribution is 5.15. The van der Waals surface area contributed by atoms with E-state index >= 15 is 0 Å². The minimum atomic E-state index is 0.104. The topological polar surface area (TPSA) is 25.2 Å². The summed E-state index contributed by atoms with van der Waals surface area (Å²) in [7, 11) is 0. The summed E-state index contributed by atoms with van der Waals surface area (Å²) in [6, 6.07) is 5.59. The molecule has 1 N–H and O–H groups in total. The van der Waals surface area contributed by atoms with Gasteiger partial charge in [0, 0.05) is 17.5 Å². The fraction of sp³-hybridized carbons (Fsp3) is 0.810. The highest BCUT2D eigenvalue weighted by Crippen LogP contribution is 2.53. The van der Waals surface area contributed by atoms with Crippen LogP contribution in [0.4, 0.5) is 0 Å². The number of furan rings is 1. The maximum Gasteiger partial charge on any atom is 0.109 e. The Morgan fingerprint density at radius 1 is 1.09 bits per heavy atom. The molecule has 2 heteroatoms. The Hall–Kier alpha value is -0.760. The van der Waals surface area contributed by atoms with Crippen molar-refractivity contribution in [2.75, 3.05) is 0 Å². The third-order valence-electron chi connectivity index (χ3n) is 6.93. The summed E-state index contributed by atoms with van der Waals surface area (Å²) >= 11 is 0. The lowest BCUT2D eigenvalue weighted by atomic mass is 9.54. The predicted octanol–water partition coefficient (Wildman–Crippen LogP) is 5.06. The van der Waals surface area contributed by atoms with Gasteiger partial charge in [-0.3, -0.25) is 0 Å². The first kappa shape index (κ1) is 15.7. The highest BCUT2D eigenvalue weighted by Gasteiger charge is 2.48. The van der Waals surface area contributed by atoms with Crippen LogP contribution in [0.1, 0.15) is 70.8 Å². The lowest BCUT2D eigenvalue weighted by molar-refractivity contribution is -0.0180. The van der Waals surface area contributed by atoms with Gasteiger partial charge in [0.1, 0.15) is 11.5 Å². The largest absolute Gasteiger partial charge is 0.466 e. The minimum Gasteiger partial charge on any atom is -0.466 e. The Balaban J connectivity index is 1.39. The van der Waals surface area contributed by atoms with E-state index in [0.29, 0.717) is 6.04 Å². The van der Waals surface area contributed by atoms with Gasteiger partial charge in [0.25, 0.3) is 0 Å². The number of rotatable bonds is 5. The first-order valence-corrected chi connectivity index (χ1v) is 9.73. The van der Waals surface area contributed by atoms with E-state index in [9.17, 15) is 0 Å². The molecular formula is C21H33NO. The number of hydrogen-bond acceptors (Lipinski definition) is 2. The van der Waals surface area contributed by atoms with Gasteiger partial charge in [0.2, 0.25) is 0 Å². The Morgan fingerprint density at radius 3 is 2.22 bits per heavy atom. The van der Waals surface area contributed by atoms with Crippen LogP contribution in [0.3, 0.4) is 0 Å². The third kappa shape index (κ3) is 2.99. The fourth-order valence-corrected chi connectivity index (χ4v) is 6.25. The van der Waals surface area contributed by atoms with Crippen molar-refractivity contribution < 1.29 is 4.42 Å². The summed E-state index contributed by atoms with van der Waals surface area (Å²) in [5.74, 6) is 6.20. The predicted molar refractivity (Wildman–Crippen MR) is 94.5 cm³/mol. The van der Waals surface area contributed by atoms with Crippen molar-refractivity contribution in [3.63, 3.8) is 0 Å². The second-order valence-corrected chi connectivity index (χ2v) is 9.52. The van der Waals surface area contributed by atoms with E-state index in [1.165, 1.54) is 25.7 Å². The summed E-state index contributed by atoms with van der Waals surface area (Å²) in [5, 5.41) is 4.05. The van der Waals surface area contributed by atoms with E-state index in [1.54, 1.807) is 6.42 Å². The van der Waals surface area contributed by atoms with Crippen molar-refractivity contribution in [2.24, 2.45) is 23.7 Å². The van der Waals surface area contributed by atoms with E-state index < -0.39 is 0 Å². The second kappa shape index (κ2) is 5.65. The van der Waals surface area contributed by atoms with E-state index in [1.807, 2.05) is 6.92 Å². The molecule has 4 saturated carbocycles. The molecule has 0 unspecified atom stereocenters. The average Bonchev–Trinajstić information content (AvgIpc) is 2.89. The Morgan fingerprint density at radius 2 is 1.70 bits per heavy atom. The maximum absolute atomic E-state index is 5.91. The average molecular weight is 316 g/mol. The molecule has 0 radical (unpaired) electrons. The van der Waals surface area contributed by atoms with Crippen LogP contribution in [0.5, 0.6) is 0 Å². The lowest BCUT2D eigenvalue weighted by Gasteiger charge is -2.55. The molecule has 4 aliphatic carbocycles. The van der Waals surface area contributed by atoms with Crippen LogP contribution in [-0.4, -0.2) is 12.1 Å². The van der Waals surface area contributed by atoms with E-state index in [0.717, 1.165) is 47.7 Å². The van der Waals surface area contributed by atoms with Crippen molar-refractivity contribution in [1.82, 2.24) is 5.32 Å². The lowest BCUT2D eigenvalue weighted by Crippen LogP contribution is -2.56. The summed E-state index contributed by atoms with van der Waals surface area (Å²) in [5.41, 5.74) is 0.104. The van der Waals surface area contributed by atoms with Crippen LogP contribution in [0.15, 0.2) is 16.5 Å². The first-order chi connectivity index (χ1) is 10.9. The molecular weight excluding hydrogens is 282 g/mol. The summed E-state index contributed by atoms with van der Waals surface area (Å²) < 4.78 is 5.91. The Kier molecular flexibility index (Phi) is 3.87. The molecule has 1 heterocycles. The first-order valence-electron chi connectivity index (χ1n) is 9.73. The number of aryl methyl sites for hydroxylation is 1. The summed E-state index contributed by atoms with van der Waals surface area (Å²) in [6.45, 7) is 9.05. The Labute approximate surface area is 141 Å². The fourth-order valence-electron chi connectivity index (χ4n) is 6.25. The zero-order chi connectivity index (χ0) is 16.2. The Bertz CT molecular complexity index is 530. The molecule has 0 spiro atoms. The van der Waals surface area contributed by atoms with Gasteiger partial charge in [-0.05, 0) is 88.2 Å². The van der Waals surface area contributed by atoms with Crippen molar-refractivity contribution in [2.45, 2.75) is 83.7 Å². The molecule has 0 amide bonds. The number of hydrogen-bond donors (Lipinski definition) is 1. The molecule has 1 aromatic rings. The molecule has 0 aromatic carbocycles. The van der Waals surface area contributed by atoms with Crippen LogP contribution >= 0.6 is 0 Å². The van der Waals surface area contributed by atoms with Crippen LogP contribution in [0, 0.1) is 30.6 Å². The smallest absolute Gasteiger partial charge is 0.109 e. The van der Waals surface area contributed by atoms with E-state index in [4.69, 9.17) is 4.42 Å². The number of nitrogens with one attached hydrogen (secondary N) is 1.